The normalized spacial score (nSPS) is 15.1. The topological polar surface area (TPSA) is 59.0 Å². The van der Waals surface area contributed by atoms with Crippen molar-refractivity contribution in [1.29, 1.82) is 0 Å². The van der Waals surface area contributed by atoms with Crippen molar-refractivity contribution >= 4 is 16.7 Å². The van der Waals surface area contributed by atoms with E-state index >= 15 is 0 Å². The Kier molecular flexibility index (Phi) is 6.59. The lowest BCUT2D eigenvalue weighted by molar-refractivity contribution is 0.0991. The van der Waals surface area contributed by atoms with Crippen molar-refractivity contribution in [3.63, 3.8) is 0 Å². The molecule has 0 radical (unpaired) electrons. The number of nitrogens with zero attached hydrogens (tertiary/aromatic N) is 4. The van der Waals surface area contributed by atoms with Gasteiger partial charge in [0.05, 0.1) is 23.3 Å². The maximum Gasteiger partial charge on any atom is 0.265 e. The monoisotopic (exact) mass is 472 g/mol. The lowest BCUT2D eigenvalue weighted by Crippen LogP contribution is -2.29. The van der Waals surface area contributed by atoms with E-state index in [-0.39, 0.29) is 17.8 Å². The molecule has 0 saturated carbocycles. The van der Waals surface area contributed by atoms with Crippen LogP contribution in [0.3, 0.4) is 0 Å². The van der Waals surface area contributed by atoms with Crippen LogP contribution in [0.25, 0.3) is 22.2 Å². The number of Topliss-reactive ketones (excluding diaryl/α,β-unsaturated/α-hetero) is 1. The van der Waals surface area contributed by atoms with Crippen molar-refractivity contribution in [2.24, 2.45) is 0 Å². The molecule has 7 heteroatoms. The number of carbonyl (C=O) groups is 1. The molecular formula is C28H26F2N4O. The first-order chi connectivity index (χ1) is 17.0. The van der Waals surface area contributed by atoms with Crippen LogP contribution in [0.5, 0.6) is 0 Å². The molecule has 0 spiro atoms. The number of aromatic nitrogens is 3. The van der Waals surface area contributed by atoms with E-state index in [2.05, 4.69) is 33.0 Å². The van der Waals surface area contributed by atoms with Crippen LogP contribution in [-0.4, -0.2) is 45.8 Å². The van der Waals surface area contributed by atoms with Gasteiger partial charge < -0.3 is 4.90 Å². The molecule has 3 aromatic heterocycles. The molecule has 1 aromatic carbocycles. The van der Waals surface area contributed by atoms with Crippen molar-refractivity contribution in [2.45, 2.75) is 31.6 Å². The molecule has 35 heavy (non-hydrogen) atoms. The van der Waals surface area contributed by atoms with Crippen LogP contribution in [0.4, 0.5) is 8.78 Å². The van der Waals surface area contributed by atoms with Gasteiger partial charge in [-0.2, -0.15) is 0 Å². The summed E-state index contributed by atoms with van der Waals surface area (Å²) in [4.78, 5) is 28.4. The number of alkyl halides is 2. The summed E-state index contributed by atoms with van der Waals surface area (Å²) >= 11 is 0. The van der Waals surface area contributed by atoms with Gasteiger partial charge in [-0.1, -0.05) is 18.2 Å². The smallest absolute Gasteiger partial charge is 0.265 e. The second kappa shape index (κ2) is 9.96. The van der Waals surface area contributed by atoms with Gasteiger partial charge in [-0.25, -0.2) is 13.8 Å². The highest BCUT2D eigenvalue weighted by Crippen LogP contribution is 2.29. The Morgan fingerprint density at radius 1 is 1.06 bits per heavy atom. The van der Waals surface area contributed by atoms with E-state index in [1.165, 1.54) is 17.8 Å². The Labute approximate surface area is 202 Å². The maximum atomic E-state index is 13.1. The van der Waals surface area contributed by atoms with Crippen LogP contribution >= 0.6 is 0 Å². The van der Waals surface area contributed by atoms with E-state index < -0.39 is 6.43 Å². The summed E-state index contributed by atoms with van der Waals surface area (Å²) in [5.74, 6) is 0.495. The zero-order chi connectivity index (χ0) is 24.4. The zero-order valence-corrected chi connectivity index (χ0v) is 19.5. The highest BCUT2D eigenvalue weighted by atomic mass is 19.3. The van der Waals surface area contributed by atoms with Gasteiger partial charge in [0, 0.05) is 40.7 Å². The first-order valence-corrected chi connectivity index (χ1v) is 11.8. The Balaban J connectivity index is 1.36. The molecule has 0 unspecified atom stereocenters. The van der Waals surface area contributed by atoms with Crippen LogP contribution in [0.2, 0.25) is 0 Å². The summed E-state index contributed by atoms with van der Waals surface area (Å²) in [5, 5.41) is 0.812. The van der Waals surface area contributed by atoms with Gasteiger partial charge in [0.2, 0.25) is 0 Å². The van der Waals surface area contributed by atoms with E-state index in [0.29, 0.717) is 33.9 Å². The summed E-state index contributed by atoms with van der Waals surface area (Å²) in [6, 6.07) is 14.8. The van der Waals surface area contributed by atoms with Crippen molar-refractivity contribution in [3.8, 4) is 11.3 Å². The number of hydrogen-bond donors (Lipinski definition) is 0. The molecule has 1 aliphatic rings. The summed E-state index contributed by atoms with van der Waals surface area (Å²) in [6.45, 7) is 2.14. The molecule has 1 fully saturated rings. The SMILES string of the molecule is CN1CCC(c2cccc(C(=O)Cc3cc4nc(-c5cncc(C(F)F)c5)ccc4cn3)c2)CC1. The Morgan fingerprint density at radius 2 is 1.89 bits per heavy atom. The molecule has 4 heterocycles. The molecule has 4 aromatic rings. The third-order valence-corrected chi connectivity index (χ3v) is 6.68. The third kappa shape index (κ3) is 5.25. The van der Waals surface area contributed by atoms with Crippen molar-refractivity contribution in [3.05, 3.63) is 89.5 Å². The molecule has 5 nitrogen and oxygen atoms in total. The zero-order valence-electron chi connectivity index (χ0n) is 19.5. The minimum atomic E-state index is -2.59. The second-order valence-electron chi connectivity index (χ2n) is 9.18. The Bertz CT molecular complexity index is 1370. The van der Waals surface area contributed by atoms with Gasteiger partial charge in [0.1, 0.15) is 0 Å². The Hall–Kier alpha value is -3.58. The van der Waals surface area contributed by atoms with E-state index in [1.54, 1.807) is 18.3 Å². The molecule has 0 amide bonds. The molecule has 1 saturated heterocycles. The fraction of sp³-hybridized carbons (Fsp3) is 0.286. The van der Waals surface area contributed by atoms with E-state index in [1.807, 2.05) is 24.3 Å². The summed E-state index contributed by atoms with van der Waals surface area (Å²) in [6.07, 6.45) is 4.14. The minimum Gasteiger partial charge on any atom is -0.306 e. The molecule has 0 N–H and O–H groups in total. The standard InChI is InChI=1S/C28H26F2N4O/c1-34-9-7-18(8-10-34)19-3-2-4-20(11-19)27(35)14-24-13-26-21(17-32-24)5-6-25(33-26)22-12-23(28(29)30)16-31-15-22/h2-6,11-13,15-18,28H,7-10,14H2,1H3. The van der Waals surface area contributed by atoms with Gasteiger partial charge in [0.25, 0.3) is 6.43 Å². The second-order valence-corrected chi connectivity index (χ2v) is 9.18. The van der Waals surface area contributed by atoms with Crippen LogP contribution in [0, 0.1) is 0 Å². The number of piperidine rings is 1. The molecule has 178 valence electrons. The minimum absolute atomic E-state index is 0.0108. The summed E-state index contributed by atoms with van der Waals surface area (Å²) < 4.78 is 26.1. The summed E-state index contributed by atoms with van der Waals surface area (Å²) in [5.41, 5.74) is 4.11. The van der Waals surface area contributed by atoms with Crippen molar-refractivity contribution in [1.82, 2.24) is 19.9 Å². The van der Waals surface area contributed by atoms with Gasteiger partial charge in [0.15, 0.2) is 5.78 Å². The fourth-order valence-corrected chi connectivity index (χ4v) is 4.61. The predicted molar refractivity (Wildman–Crippen MR) is 132 cm³/mol. The quantitative estimate of drug-likeness (QED) is 0.329. The van der Waals surface area contributed by atoms with Gasteiger partial charge in [-0.15, -0.1) is 0 Å². The maximum absolute atomic E-state index is 13.1. The van der Waals surface area contributed by atoms with Gasteiger partial charge in [-0.3, -0.25) is 14.8 Å². The number of fused-ring (bicyclic) bond motifs is 1. The fourth-order valence-electron chi connectivity index (χ4n) is 4.61. The number of likely N-dealkylation sites (tertiary alicyclic amines) is 1. The molecule has 0 bridgehead atoms. The van der Waals surface area contributed by atoms with E-state index in [0.717, 1.165) is 37.5 Å². The third-order valence-electron chi connectivity index (χ3n) is 6.68. The number of carbonyl (C=O) groups excluding carboxylic acids is 1. The predicted octanol–water partition coefficient (Wildman–Crippen LogP) is 5.86. The first kappa shape index (κ1) is 23.2. The molecule has 5 rings (SSSR count). The molecular weight excluding hydrogens is 446 g/mol. The van der Waals surface area contributed by atoms with Crippen LogP contribution in [0.1, 0.15) is 52.4 Å². The van der Waals surface area contributed by atoms with Crippen LogP contribution < -0.4 is 0 Å². The van der Waals surface area contributed by atoms with Crippen molar-refractivity contribution < 1.29 is 13.6 Å². The lowest BCUT2D eigenvalue weighted by Gasteiger charge is -2.29. The average molecular weight is 473 g/mol. The number of benzene rings is 1. The number of pyridine rings is 3. The van der Waals surface area contributed by atoms with Gasteiger partial charge >= 0.3 is 0 Å². The summed E-state index contributed by atoms with van der Waals surface area (Å²) in [7, 11) is 2.14. The lowest BCUT2D eigenvalue weighted by atomic mass is 9.88. The van der Waals surface area contributed by atoms with Gasteiger partial charge in [-0.05, 0) is 74.8 Å². The van der Waals surface area contributed by atoms with E-state index in [4.69, 9.17) is 0 Å². The molecule has 0 aliphatic carbocycles. The average Bonchev–Trinajstić information content (AvgIpc) is 2.89. The van der Waals surface area contributed by atoms with Crippen LogP contribution in [0.15, 0.2) is 67.1 Å². The highest BCUT2D eigenvalue weighted by Gasteiger charge is 2.19. The van der Waals surface area contributed by atoms with Crippen molar-refractivity contribution in [2.75, 3.05) is 20.1 Å². The first-order valence-electron chi connectivity index (χ1n) is 11.8. The number of halogens is 2. The van der Waals surface area contributed by atoms with E-state index in [9.17, 15) is 13.6 Å². The van der Waals surface area contributed by atoms with Crippen LogP contribution in [-0.2, 0) is 6.42 Å². The highest BCUT2D eigenvalue weighted by molar-refractivity contribution is 5.97. The largest absolute Gasteiger partial charge is 0.306 e. The number of hydrogen-bond acceptors (Lipinski definition) is 5. The number of rotatable bonds is 6. The number of ketones is 1. The Morgan fingerprint density at radius 3 is 2.69 bits per heavy atom. The molecule has 1 aliphatic heterocycles. The molecule has 0 atom stereocenters.